The number of H-pyrrole nitrogens is 1. The van der Waals surface area contributed by atoms with Crippen LogP contribution in [0, 0.1) is 0 Å². The Bertz CT molecular complexity index is 867. The second kappa shape index (κ2) is 5.34. The molecule has 1 atom stereocenters. The standard InChI is InChI=1S/C14H13ClN4O3/c1-19-13(21)11(12(20)16-14(19)22)10-6-9(17-18-10)7-2-4-8(15)5-3-7/h2-5,9,17,21H,6H2,1H3,(H,16,20,22). The molecule has 8 heteroatoms. The van der Waals surface area contributed by atoms with E-state index in [1.165, 1.54) is 7.05 Å². The maximum absolute atomic E-state index is 11.9. The number of hydrogen-bond acceptors (Lipinski definition) is 5. The normalized spacial score (nSPS) is 17.2. The minimum atomic E-state index is -0.674. The molecule has 0 saturated carbocycles. The molecule has 2 aromatic rings. The molecule has 0 radical (unpaired) electrons. The van der Waals surface area contributed by atoms with Gasteiger partial charge in [-0.1, -0.05) is 23.7 Å². The van der Waals surface area contributed by atoms with Gasteiger partial charge in [0.1, 0.15) is 5.56 Å². The van der Waals surface area contributed by atoms with E-state index >= 15 is 0 Å². The predicted molar refractivity (Wildman–Crippen MR) is 82.5 cm³/mol. The highest BCUT2D eigenvalue weighted by Gasteiger charge is 2.26. The van der Waals surface area contributed by atoms with Crippen molar-refractivity contribution in [2.24, 2.45) is 12.1 Å². The summed E-state index contributed by atoms with van der Waals surface area (Å²) >= 11 is 5.86. The minimum Gasteiger partial charge on any atom is -0.494 e. The van der Waals surface area contributed by atoms with E-state index in [-0.39, 0.29) is 11.6 Å². The lowest BCUT2D eigenvalue weighted by molar-refractivity contribution is 0.416. The number of nitrogens with zero attached hydrogens (tertiary/aromatic N) is 2. The van der Waals surface area contributed by atoms with Crippen LogP contribution in [0.25, 0.3) is 0 Å². The molecule has 0 aliphatic carbocycles. The van der Waals surface area contributed by atoms with Crippen molar-refractivity contribution in [1.82, 2.24) is 15.0 Å². The molecule has 0 saturated heterocycles. The highest BCUT2D eigenvalue weighted by molar-refractivity contribution is 6.30. The zero-order valence-electron chi connectivity index (χ0n) is 11.6. The van der Waals surface area contributed by atoms with Gasteiger partial charge in [0.05, 0.1) is 11.8 Å². The molecule has 0 bridgehead atoms. The molecule has 0 amide bonds. The molecule has 1 aromatic carbocycles. The van der Waals surface area contributed by atoms with Gasteiger partial charge in [-0.15, -0.1) is 0 Å². The largest absolute Gasteiger partial charge is 0.494 e. The monoisotopic (exact) mass is 320 g/mol. The van der Waals surface area contributed by atoms with Crippen LogP contribution in [0.4, 0.5) is 0 Å². The maximum Gasteiger partial charge on any atom is 0.330 e. The molecular weight excluding hydrogens is 308 g/mol. The van der Waals surface area contributed by atoms with Crippen LogP contribution in [-0.2, 0) is 7.05 Å². The molecular formula is C14H13ClN4O3. The number of aromatic hydroxyl groups is 1. The van der Waals surface area contributed by atoms with Crippen molar-refractivity contribution < 1.29 is 5.11 Å². The Morgan fingerprint density at radius 2 is 2.00 bits per heavy atom. The van der Waals surface area contributed by atoms with Gasteiger partial charge in [0.25, 0.3) is 5.56 Å². The molecule has 114 valence electrons. The van der Waals surface area contributed by atoms with Gasteiger partial charge in [-0.05, 0) is 17.7 Å². The van der Waals surface area contributed by atoms with Gasteiger partial charge < -0.3 is 10.5 Å². The molecule has 0 spiro atoms. The summed E-state index contributed by atoms with van der Waals surface area (Å²) in [5.41, 5.74) is 2.96. The van der Waals surface area contributed by atoms with E-state index in [4.69, 9.17) is 11.6 Å². The van der Waals surface area contributed by atoms with E-state index in [2.05, 4.69) is 15.5 Å². The van der Waals surface area contributed by atoms with Crippen molar-refractivity contribution in [1.29, 1.82) is 0 Å². The molecule has 3 N–H and O–H groups in total. The predicted octanol–water partition coefficient (Wildman–Crippen LogP) is 0.871. The van der Waals surface area contributed by atoms with Crippen molar-refractivity contribution in [3.8, 4) is 5.88 Å². The fourth-order valence-corrected chi connectivity index (χ4v) is 2.48. The Morgan fingerprint density at radius 3 is 2.68 bits per heavy atom. The van der Waals surface area contributed by atoms with Crippen molar-refractivity contribution in [2.45, 2.75) is 12.5 Å². The van der Waals surface area contributed by atoms with Crippen molar-refractivity contribution >= 4 is 17.3 Å². The highest BCUT2D eigenvalue weighted by atomic mass is 35.5. The summed E-state index contributed by atoms with van der Waals surface area (Å²) in [5, 5.41) is 14.8. The fourth-order valence-electron chi connectivity index (χ4n) is 2.35. The lowest BCUT2D eigenvalue weighted by atomic mass is 10.0. The van der Waals surface area contributed by atoms with Gasteiger partial charge in [-0.25, -0.2) is 4.79 Å². The lowest BCUT2D eigenvalue weighted by Crippen LogP contribution is -2.32. The van der Waals surface area contributed by atoms with Gasteiger partial charge in [0.2, 0.25) is 5.88 Å². The average molecular weight is 321 g/mol. The molecule has 1 aromatic heterocycles. The Balaban J connectivity index is 1.93. The van der Waals surface area contributed by atoms with Crippen LogP contribution in [0.15, 0.2) is 39.0 Å². The summed E-state index contributed by atoms with van der Waals surface area (Å²) in [4.78, 5) is 25.5. The topological polar surface area (TPSA) is 99.5 Å². The molecule has 7 nitrogen and oxygen atoms in total. The summed E-state index contributed by atoms with van der Waals surface area (Å²) in [6.45, 7) is 0. The molecule has 1 unspecified atom stereocenters. The fraction of sp³-hybridized carbons (Fsp3) is 0.214. The third-order valence-corrected chi connectivity index (χ3v) is 3.86. The number of hydrazone groups is 1. The van der Waals surface area contributed by atoms with E-state index in [1.54, 1.807) is 12.1 Å². The third-order valence-electron chi connectivity index (χ3n) is 3.61. The van der Waals surface area contributed by atoms with Gasteiger partial charge in [0.15, 0.2) is 0 Å². The van der Waals surface area contributed by atoms with Crippen LogP contribution in [0.2, 0.25) is 5.02 Å². The summed E-state index contributed by atoms with van der Waals surface area (Å²) in [5.74, 6) is -0.397. The van der Waals surface area contributed by atoms with E-state index in [1.807, 2.05) is 12.1 Å². The SMILES string of the molecule is Cn1c(O)c(C2=NNC(c3ccc(Cl)cc3)C2)c(=O)[nH]c1=O. The Morgan fingerprint density at radius 1 is 1.32 bits per heavy atom. The zero-order valence-corrected chi connectivity index (χ0v) is 12.4. The van der Waals surface area contributed by atoms with Crippen LogP contribution in [0.1, 0.15) is 23.6 Å². The van der Waals surface area contributed by atoms with Crippen LogP contribution in [0.5, 0.6) is 5.88 Å². The molecule has 1 aliphatic rings. The summed E-state index contributed by atoms with van der Waals surface area (Å²) in [7, 11) is 1.37. The number of hydrogen-bond donors (Lipinski definition) is 3. The lowest BCUT2D eigenvalue weighted by Gasteiger charge is -2.10. The molecule has 22 heavy (non-hydrogen) atoms. The van der Waals surface area contributed by atoms with Gasteiger partial charge in [-0.2, -0.15) is 5.10 Å². The number of benzene rings is 1. The van der Waals surface area contributed by atoms with Gasteiger partial charge in [0, 0.05) is 18.5 Å². The number of halogens is 1. The molecule has 3 rings (SSSR count). The summed E-state index contributed by atoms with van der Waals surface area (Å²) in [6, 6.07) is 7.15. The average Bonchev–Trinajstić information content (AvgIpc) is 2.95. The Labute approximate surface area is 129 Å². The quantitative estimate of drug-likeness (QED) is 0.764. The van der Waals surface area contributed by atoms with E-state index in [0.717, 1.165) is 10.1 Å². The maximum atomic E-state index is 11.9. The van der Waals surface area contributed by atoms with Gasteiger partial charge >= 0.3 is 5.69 Å². The first-order chi connectivity index (χ1) is 10.5. The number of aromatic nitrogens is 2. The zero-order chi connectivity index (χ0) is 15.9. The first-order valence-electron chi connectivity index (χ1n) is 6.57. The number of nitrogens with one attached hydrogen (secondary N) is 2. The van der Waals surface area contributed by atoms with Crippen LogP contribution in [0.3, 0.4) is 0 Å². The molecule has 0 fully saturated rings. The summed E-state index contributed by atoms with van der Waals surface area (Å²) in [6.07, 6.45) is 0.413. The Hall–Kier alpha value is -2.54. The van der Waals surface area contributed by atoms with Crippen LogP contribution < -0.4 is 16.7 Å². The van der Waals surface area contributed by atoms with Crippen LogP contribution >= 0.6 is 11.6 Å². The minimum absolute atomic E-state index is 0.00561. The second-order valence-corrected chi connectivity index (χ2v) is 5.45. The summed E-state index contributed by atoms with van der Waals surface area (Å²) < 4.78 is 0.967. The smallest absolute Gasteiger partial charge is 0.330 e. The number of aromatic amines is 1. The third kappa shape index (κ3) is 2.39. The van der Waals surface area contributed by atoms with E-state index < -0.39 is 17.1 Å². The first kappa shape index (κ1) is 14.4. The first-order valence-corrected chi connectivity index (χ1v) is 6.95. The highest BCUT2D eigenvalue weighted by Crippen LogP contribution is 2.26. The molecule has 2 heterocycles. The second-order valence-electron chi connectivity index (χ2n) is 5.01. The van der Waals surface area contributed by atoms with Crippen molar-refractivity contribution in [2.75, 3.05) is 0 Å². The van der Waals surface area contributed by atoms with E-state index in [0.29, 0.717) is 17.2 Å². The van der Waals surface area contributed by atoms with Crippen LogP contribution in [-0.4, -0.2) is 20.4 Å². The number of rotatable bonds is 2. The molecule has 1 aliphatic heterocycles. The Kier molecular flexibility index (Phi) is 3.50. The van der Waals surface area contributed by atoms with Gasteiger partial charge in [-0.3, -0.25) is 14.3 Å². The van der Waals surface area contributed by atoms with Crippen molar-refractivity contribution in [3.63, 3.8) is 0 Å². The van der Waals surface area contributed by atoms with E-state index in [9.17, 15) is 14.7 Å². The van der Waals surface area contributed by atoms with Crippen molar-refractivity contribution in [3.05, 3.63) is 61.3 Å².